The summed E-state index contributed by atoms with van der Waals surface area (Å²) in [6.07, 6.45) is 1.43. The van der Waals surface area contributed by atoms with E-state index < -0.39 is 5.91 Å². The number of nitrogens with zero attached hydrogens (tertiary/aromatic N) is 1. The zero-order chi connectivity index (χ0) is 20.3. The average molecular weight is 394 g/mol. The van der Waals surface area contributed by atoms with Crippen molar-refractivity contribution in [3.8, 4) is 0 Å². The van der Waals surface area contributed by atoms with Gasteiger partial charge in [-0.1, -0.05) is 35.4 Å². The number of rotatable bonds is 4. The van der Waals surface area contributed by atoms with Crippen molar-refractivity contribution in [3.05, 3.63) is 87.7 Å². The predicted molar refractivity (Wildman–Crippen MR) is 112 cm³/mol. The first-order valence-corrected chi connectivity index (χ1v) is 9.13. The van der Waals surface area contributed by atoms with Gasteiger partial charge in [-0.2, -0.15) is 0 Å². The summed E-state index contributed by atoms with van der Waals surface area (Å²) in [5.41, 5.74) is 4.65. The van der Waals surface area contributed by atoms with Gasteiger partial charge < -0.3 is 10.6 Å². The molecule has 0 unspecified atom stereocenters. The van der Waals surface area contributed by atoms with Crippen molar-refractivity contribution < 1.29 is 9.59 Å². The zero-order valence-corrected chi connectivity index (χ0v) is 16.6. The molecule has 0 aliphatic heterocycles. The molecule has 0 spiro atoms. The summed E-state index contributed by atoms with van der Waals surface area (Å²) in [7, 11) is 0. The second-order valence-electron chi connectivity index (χ2n) is 6.64. The SMILES string of the molecule is Cc1ccc(NC(=O)c2ccnc(C(=O)Nc3c(C)cc(C)cc3Cl)c2)cc1. The number of carbonyl (C=O) groups excluding carboxylic acids is 2. The van der Waals surface area contributed by atoms with Crippen LogP contribution >= 0.6 is 11.6 Å². The summed E-state index contributed by atoms with van der Waals surface area (Å²) in [6.45, 7) is 5.77. The maximum atomic E-state index is 12.6. The summed E-state index contributed by atoms with van der Waals surface area (Å²) >= 11 is 6.25. The summed E-state index contributed by atoms with van der Waals surface area (Å²) < 4.78 is 0. The number of pyridine rings is 1. The molecule has 0 aliphatic carbocycles. The van der Waals surface area contributed by atoms with Crippen LogP contribution in [0.1, 0.15) is 37.5 Å². The van der Waals surface area contributed by atoms with Crippen LogP contribution in [-0.2, 0) is 0 Å². The standard InChI is InChI=1S/C22H20ClN3O2/c1-13-4-6-17(7-5-13)25-21(27)16-8-9-24-19(12-16)22(28)26-20-15(3)10-14(2)11-18(20)23/h4-12H,1-3H3,(H,25,27)(H,26,28). The van der Waals surface area contributed by atoms with E-state index in [1.807, 2.05) is 51.1 Å². The lowest BCUT2D eigenvalue weighted by Crippen LogP contribution is -2.17. The molecule has 1 heterocycles. The largest absolute Gasteiger partial charge is 0.322 e. The van der Waals surface area contributed by atoms with Crippen LogP contribution in [0.3, 0.4) is 0 Å². The molecular weight excluding hydrogens is 374 g/mol. The smallest absolute Gasteiger partial charge is 0.274 e. The Morgan fingerprint density at radius 1 is 0.857 bits per heavy atom. The Bertz CT molecular complexity index is 1020. The molecule has 2 amide bonds. The lowest BCUT2D eigenvalue weighted by Gasteiger charge is -2.12. The Hall–Kier alpha value is -3.18. The van der Waals surface area contributed by atoms with E-state index in [1.54, 1.807) is 12.1 Å². The molecule has 0 saturated carbocycles. The van der Waals surface area contributed by atoms with Gasteiger partial charge >= 0.3 is 0 Å². The van der Waals surface area contributed by atoms with Crippen LogP contribution in [0.15, 0.2) is 54.7 Å². The van der Waals surface area contributed by atoms with E-state index in [4.69, 9.17) is 11.6 Å². The van der Waals surface area contributed by atoms with Crippen LogP contribution in [0.5, 0.6) is 0 Å². The molecule has 0 saturated heterocycles. The minimum absolute atomic E-state index is 0.132. The number of carbonyl (C=O) groups is 2. The van der Waals surface area contributed by atoms with E-state index in [1.165, 1.54) is 12.3 Å². The van der Waals surface area contributed by atoms with Gasteiger partial charge in [-0.15, -0.1) is 0 Å². The molecule has 1 aromatic heterocycles. The lowest BCUT2D eigenvalue weighted by atomic mass is 10.1. The number of nitrogens with one attached hydrogen (secondary N) is 2. The van der Waals surface area contributed by atoms with Crippen molar-refractivity contribution in [2.45, 2.75) is 20.8 Å². The number of hydrogen-bond acceptors (Lipinski definition) is 3. The number of benzene rings is 2. The first kappa shape index (κ1) is 19.6. The third kappa shape index (κ3) is 4.56. The summed E-state index contributed by atoms with van der Waals surface area (Å²) in [5, 5.41) is 6.04. The van der Waals surface area contributed by atoms with E-state index in [0.717, 1.165) is 16.7 Å². The third-order valence-electron chi connectivity index (χ3n) is 4.23. The van der Waals surface area contributed by atoms with Gasteiger partial charge in [0.2, 0.25) is 0 Å². The number of anilines is 2. The fourth-order valence-electron chi connectivity index (χ4n) is 2.79. The molecule has 5 nitrogen and oxygen atoms in total. The highest BCUT2D eigenvalue weighted by Crippen LogP contribution is 2.27. The van der Waals surface area contributed by atoms with Crippen LogP contribution in [-0.4, -0.2) is 16.8 Å². The Labute approximate surface area is 168 Å². The normalized spacial score (nSPS) is 10.4. The molecule has 3 aromatic rings. The Morgan fingerprint density at radius 3 is 2.25 bits per heavy atom. The molecule has 6 heteroatoms. The minimum atomic E-state index is -0.432. The van der Waals surface area contributed by atoms with Crippen LogP contribution in [0, 0.1) is 20.8 Å². The lowest BCUT2D eigenvalue weighted by molar-refractivity contribution is 0.102. The highest BCUT2D eigenvalue weighted by atomic mass is 35.5. The molecule has 2 aromatic carbocycles. The van der Waals surface area contributed by atoms with Gasteiger partial charge in [0, 0.05) is 17.4 Å². The van der Waals surface area contributed by atoms with E-state index in [0.29, 0.717) is 22.0 Å². The number of aromatic nitrogens is 1. The number of amides is 2. The molecule has 0 radical (unpaired) electrons. The maximum absolute atomic E-state index is 12.6. The topological polar surface area (TPSA) is 71.1 Å². The van der Waals surface area contributed by atoms with E-state index in [9.17, 15) is 9.59 Å². The van der Waals surface area contributed by atoms with E-state index >= 15 is 0 Å². The zero-order valence-electron chi connectivity index (χ0n) is 15.8. The van der Waals surface area contributed by atoms with Crippen molar-refractivity contribution in [2.24, 2.45) is 0 Å². The van der Waals surface area contributed by atoms with Gasteiger partial charge in [0.05, 0.1) is 10.7 Å². The molecule has 142 valence electrons. The Kier molecular flexibility index (Phi) is 5.76. The number of halogens is 1. The fourth-order valence-corrected chi connectivity index (χ4v) is 3.16. The van der Waals surface area contributed by atoms with Gasteiger partial charge in [0.25, 0.3) is 11.8 Å². The number of aryl methyl sites for hydroxylation is 3. The number of hydrogen-bond donors (Lipinski definition) is 2. The molecule has 0 aliphatic rings. The quantitative estimate of drug-likeness (QED) is 0.642. The van der Waals surface area contributed by atoms with Crippen molar-refractivity contribution in [1.82, 2.24) is 4.98 Å². The van der Waals surface area contributed by atoms with Crippen LogP contribution in [0.4, 0.5) is 11.4 Å². The predicted octanol–water partition coefficient (Wildman–Crippen LogP) is 5.16. The monoisotopic (exact) mass is 393 g/mol. The molecular formula is C22H20ClN3O2. The van der Waals surface area contributed by atoms with Gasteiger partial charge in [-0.05, 0) is 62.2 Å². The van der Waals surface area contributed by atoms with Gasteiger partial charge in [-0.3, -0.25) is 14.6 Å². The minimum Gasteiger partial charge on any atom is -0.322 e. The van der Waals surface area contributed by atoms with Crippen LogP contribution in [0.25, 0.3) is 0 Å². The van der Waals surface area contributed by atoms with Crippen molar-refractivity contribution >= 4 is 34.8 Å². The highest BCUT2D eigenvalue weighted by molar-refractivity contribution is 6.34. The fraction of sp³-hybridized carbons (Fsp3) is 0.136. The molecule has 0 fully saturated rings. The van der Waals surface area contributed by atoms with Crippen molar-refractivity contribution in [1.29, 1.82) is 0 Å². The second kappa shape index (κ2) is 8.23. The summed E-state index contributed by atoms with van der Waals surface area (Å²) in [4.78, 5) is 29.2. The second-order valence-corrected chi connectivity index (χ2v) is 7.05. The molecule has 0 atom stereocenters. The Morgan fingerprint density at radius 2 is 1.57 bits per heavy atom. The van der Waals surface area contributed by atoms with Crippen molar-refractivity contribution in [3.63, 3.8) is 0 Å². The Balaban J connectivity index is 1.78. The van der Waals surface area contributed by atoms with E-state index in [2.05, 4.69) is 15.6 Å². The first-order chi connectivity index (χ1) is 13.3. The summed E-state index contributed by atoms with van der Waals surface area (Å²) in [6, 6.07) is 14.2. The molecule has 2 N–H and O–H groups in total. The molecule has 0 bridgehead atoms. The van der Waals surface area contributed by atoms with Crippen LogP contribution < -0.4 is 10.6 Å². The molecule has 3 rings (SSSR count). The van der Waals surface area contributed by atoms with Gasteiger partial charge in [0.15, 0.2) is 0 Å². The first-order valence-electron chi connectivity index (χ1n) is 8.75. The molecule has 28 heavy (non-hydrogen) atoms. The average Bonchev–Trinajstić information content (AvgIpc) is 2.66. The van der Waals surface area contributed by atoms with E-state index in [-0.39, 0.29) is 11.6 Å². The van der Waals surface area contributed by atoms with Crippen LogP contribution in [0.2, 0.25) is 5.02 Å². The third-order valence-corrected chi connectivity index (χ3v) is 4.53. The van der Waals surface area contributed by atoms with Crippen molar-refractivity contribution in [2.75, 3.05) is 10.6 Å². The van der Waals surface area contributed by atoms with Gasteiger partial charge in [-0.25, -0.2) is 0 Å². The maximum Gasteiger partial charge on any atom is 0.274 e. The summed E-state index contributed by atoms with van der Waals surface area (Å²) in [5.74, 6) is -0.747. The van der Waals surface area contributed by atoms with Gasteiger partial charge in [0.1, 0.15) is 5.69 Å². The highest BCUT2D eigenvalue weighted by Gasteiger charge is 2.15.